The van der Waals surface area contributed by atoms with Crippen molar-refractivity contribution in [3.8, 4) is 5.75 Å². The lowest BCUT2D eigenvalue weighted by Crippen LogP contribution is -2.20. The number of anilines is 1. The molecule has 104 valence electrons. The molecule has 1 N–H and O–H groups in total. The number of carbonyl (C=O) groups is 1. The van der Waals surface area contributed by atoms with Gasteiger partial charge >= 0.3 is 0 Å². The van der Waals surface area contributed by atoms with Gasteiger partial charge in [-0.15, -0.1) is 0 Å². The van der Waals surface area contributed by atoms with Gasteiger partial charge in [-0.1, -0.05) is 29.3 Å². The van der Waals surface area contributed by atoms with Crippen LogP contribution < -0.4 is 10.1 Å². The lowest BCUT2D eigenvalue weighted by molar-refractivity contribution is -0.118. The summed E-state index contributed by atoms with van der Waals surface area (Å²) in [5.41, 5.74) is 1.14. The third kappa shape index (κ3) is 3.96. The Morgan fingerprint density at radius 2 is 1.95 bits per heavy atom. The number of hydrogen-bond donors (Lipinski definition) is 1. The molecule has 3 nitrogen and oxygen atoms in total. The number of rotatable bonds is 4. The molecule has 2 aromatic rings. The van der Waals surface area contributed by atoms with Crippen LogP contribution >= 0.6 is 11.6 Å². The summed E-state index contributed by atoms with van der Waals surface area (Å²) in [5.74, 6) is -0.415. The molecular formula is C15H13ClFNO2. The van der Waals surface area contributed by atoms with E-state index in [1.54, 1.807) is 12.1 Å². The second-order valence-corrected chi connectivity index (χ2v) is 4.71. The molecule has 0 saturated carbocycles. The van der Waals surface area contributed by atoms with E-state index in [0.717, 1.165) is 5.56 Å². The molecule has 0 radical (unpaired) electrons. The van der Waals surface area contributed by atoms with Crippen LogP contribution in [-0.2, 0) is 4.79 Å². The molecule has 0 spiro atoms. The predicted octanol–water partition coefficient (Wildman–Crippen LogP) is 3.81. The van der Waals surface area contributed by atoms with Gasteiger partial charge in [0.25, 0.3) is 5.91 Å². The monoisotopic (exact) mass is 293 g/mol. The van der Waals surface area contributed by atoms with Crippen LogP contribution in [-0.4, -0.2) is 12.5 Å². The van der Waals surface area contributed by atoms with Gasteiger partial charge in [-0.3, -0.25) is 4.79 Å². The molecular weight excluding hydrogens is 281 g/mol. The fourth-order valence-electron chi connectivity index (χ4n) is 1.56. The molecule has 0 bridgehead atoms. The number of hydrogen-bond acceptors (Lipinski definition) is 2. The molecule has 20 heavy (non-hydrogen) atoms. The Kier molecular flexibility index (Phi) is 4.58. The number of nitrogens with one attached hydrogen (secondary N) is 1. The fraction of sp³-hybridized carbons (Fsp3) is 0.133. The van der Waals surface area contributed by atoms with Crippen LogP contribution in [0.1, 0.15) is 5.56 Å². The third-order valence-electron chi connectivity index (χ3n) is 2.59. The first-order valence-corrected chi connectivity index (χ1v) is 6.37. The minimum absolute atomic E-state index is 0.0370. The van der Waals surface area contributed by atoms with Gasteiger partial charge in [0.2, 0.25) is 0 Å². The topological polar surface area (TPSA) is 38.3 Å². The maximum atomic E-state index is 13.4. The number of carbonyl (C=O) groups excluding carboxylic acids is 1. The van der Waals surface area contributed by atoms with Gasteiger partial charge in [0.05, 0.1) is 5.69 Å². The maximum Gasteiger partial charge on any atom is 0.262 e. The Hall–Kier alpha value is -2.07. The highest BCUT2D eigenvalue weighted by Crippen LogP contribution is 2.19. The van der Waals surface area contributed by atoms with Crippen molar-refractivity contribution in [2.75, 3.05) is 11.9 Å². The molecule has 0 saturated heterocycles. The molecule has 0 aliphatic heterocycles. The molecule has 0 fully saturated rings. The van der Waals surface area contributed by atoms with Crippen molar-refractivity contribution in [1.29, 1.82) is 0 Å². The zero-order valence-electron chi connectivity index (χ0n) is 10.8. The molecule has 5 heteroatoms. The highest BCUT2D eigenvalue weighted by Gasteiger charge is 2.08. The van der Waals surface area contributed by atoms with Crippen LogP contribution in [0.15, 0.2) is 42.5 Å². The van der Waals surface area contributed by atoms with E-state index in [4.69, 9.17) is 16.3 Å². The predicted molar refractivity (Wildman–Crippen MR) is 76.7 cm³/mol. The van der Waals surface area contributed by atoms with Crippen molar-refractivity contribution < 1.29 is 13.9 Å². The Morgan fingerprint density at radius 3 is 2.65 bits per heavy atom. The number of aryl methyl sites for hydroxylation is 1. The second kappa shape index (κ2) is 6.39. The molecule has 0 aliphatic rings. The van der Waals surface area contributed by atoms with E-state index >= 15 is 0 Å². The lowest BCUT2D eigenvalue weighted by Gasteiger charge is -2.08. The van der Waals surface area contributed by atoms with Gasteiger partial charge in [-0.25, -0.2) is 4.39 Å². The molecule has 0 heterocycles. The third-order valence-corrected chi connectivity index (χ3v) is 2.83. The minimum Gasteiger partial charge on any atom is -0.484 e. The van der Waals surface area contributed by atoms with Crippen LogP contribution in [0.3, 0.4) is 0 Å². The first-order valence-electron chi connectivity index (χ1n) is 5.99. The number of halogens is 2. The maximum absolute atomic E-state index is 13.4. The van der Waals surface area contributed by atoms with Gasteiger partial charge in [0.1, 0.15) is 11.6 Å². The van der Waals surface area contributed by atoms with Gasteiger partial charge in [0, 0.05) is 5.02 Å². The zero-order chi connectivity index (χ0) is 14.5. The highest BCUT2D eigenvalue weighted by atomic mass is 35.5. The van der Waals surface area contributed by atoms with Crippen LogP contribution in [0.4, 0.5) is 10.1 Å². The smallest absolute Gasteiger partial charge is 0.262 e. The molecule has 0 unspecified atom stereocenters. The Balaban J connectivity index is 1.92. The van der Waals surface area contributed by atoms with Gasteiger partial charge in [-0.05, 0) is 37.3 Å². The molecule has 0 aliphatic carbocycles. The summed E-state index contributed by atoms with van der Waals surface area (Å²) >= 11 is 5.74. The Labute approximate surface area is 121 Å². The van der Waals surface area contributed by atoms with E-state index in [2.05, 4.69) is 5.32 Å². The van der Waals surface area contributed by atoms with Gasteiger partial charge < -0.3 is 10.1 Å². The van der Waals surface area contributed by atoms with Crippen molar-refractivity contribution in [3.05, 3.63) is 58.9 Å². The number of amides is 1. The van der Waals surface area contributed by atoms with E-state index in [9.17, 15) is 9.18 Å². The quantitative estimate of drug-likeness (QED) is 0.931. The van der Waals surface area contributed by atoms with Crippen molar-refractivity contribution in [2.24, 2.45) is 0 Å². The Morgan fingerprint density at radius 1 is 1.25 bits per heavy atom. The van der Waals surface area contributed by atoms with Crippen molar-refractivity contribution in [3.63, 3.8) is 0 Å². The molecule has 0 aromatic heterocycles. The average molecular weight is 294 g/mol. The van der Waals surface area contributed by atoms with Crippen LogP contribution in [0.2, 0.25) is 5.02 Å². The summed E-state index contributed by atoms with van der Waals surface area (Å²) in [6.45, 7) is 1.76. The summed E-state index contributed by atoms with van der Waals surface area (Å²) in [7, 11) is 0. The van der Waals surface area contributed by atoms with E-state index < -0.39 is 11.7 Å². The molecule has 2 aromatic carbocycles. The second-order valence-electron chi connectivity index (χ2n) is 4.27. The largest absolute Gasteiger partial charge is 0.484 e. The Bertz CT molecular complexity index is 614. The summed E-state index contributed by atoms with van der Waals surface area (Å²) in [6.07, 6.45) is 0. The van der Waals surface area contributed by atoms with Gasteiger partial charge in [0.15, 0.2) is 6.61 Å². The fourth-order valence-corrected chi connectivity index (χ4v) is 1.74. The zero-order valence-corrected chi connectivity index (χ0v) is 11.6. The number of benzene rings is 2. The highest BCUT2D eigenvalue weighted by molar-refractivity contribution is 6.30. The summed E-state index contributed by atoms with van der Waals surface area (Å²) < 4.78 is 18.7. The normalized spacial score (nSPS) is 10.2. The minimum atomic E-state index is -0.543. The lowest BCUT2D eigenvalue weighted by atomic mass is 10.2. The summed E-state index contributed by atoms with van der Waals surface area (Å²) in [5, 5.41) is 2.76. The standard InChI is InChI=1S/C15H13ClFNO2/c1-10-2-5-12(6-3-10)20-9-15(19)18-14-8-11(16)4-7-13(14)17/h2-8H,9H2,1H3,(H,18,19). The molecule has 0 atom stereocenters. The van der Waals surface area contributed by atoms with Gasteiger partial charge in [-0.2, -0.15) is 0 Å². The van der Waals surface area contributed by atoms with Crippen LogP contribution in [0, 0.1) is 12.7 Å². The van der Waals surface area contributed by atoms with Crippen LogP contribution in [0.5, 0.6) is 5.75 Å². The first-order chi connectivity index (χ1) is 9.54. The summed E-state index contributed by atoms with van der Waals surface area (Å²) in [6, 6.07) is 11.2. The van der Waals surface area contributed by atoms with Crippen molar-refractivity contribution >= 4 is 23.2 Å². The SMILES string of the molecule is Cc1ccc(OCC(=O)Nc2cc(Cl)ccc2F)cc1. The summed E-state index contributed by atoms with van der Waals surface area (Å²) in [4.78, 5) is 11.7. The van der Waals surface area contributed by atoms with Crippen LogP contribution in [0.25, 0.3) is 0 Å². The van der Waals surface area contributed by atoms with E-state index in [1.165, 1.54) is 18.2 Å². The van der Waals surface area contributed by atoms with E-state index in [-0.39, 0.29) is 12.3 Å². The number of ether oxygens (including phenoxy) is 1. The first kappa shape index (κ1) is 14.3. The van der Waals surface area contributed by atoms with E-state index in [1.807, 2.05) is 19.1 Å². The van der Waals surface area contributed by atoms with Crippen molar-refractivity contribution in [1.82, 2.24) is 0 Å². The molecule has 2 rings (SSSR count). The average Bonchev–Trinajstić information content (AvgIpc) is 2.42. The van der Waals surface area contributed by atoms with Crippen molar-refractivity contribution in [2.45, 2.75) is 6.92 Å². The van der Waals surface area contributed by atoms with E-state index in [0.29, 0.717) is 10.8 Å². The molecule has 1 amide bonds.